The topological polar surface area (TPSA) is 24.1 Å². The molecule has 0 fully saturated rings. The van der Waals surface area contributed by atoms with Crippen LogP contribution in [0.25, 0.3) is 0 Å². The molecule has 0 radical (unpaired) electrons. The van der Waals surface area contributed by atoms with Gasteiger partial charge in [0.25, 0.3) is 0 Å². The van der Waals surface area contributed by atoms with Gasteiger partial charge in [0, 0.05) is 25.0 Å². The lowest BCUT2D eigenvalue weighted by molar-refractivity contribution is 0.466. The number of hydrogen-bond donors (Lipinski definition) is 2. The molecule has 0 heterocycles. The molecule has 0 aliphatic heterocycles. The van der Waals surface area contributed by atoms with E-state index in [0.29, 0.717) is 0 Å². The number of aryl methyl sites for hydroxylation is 2. The van der Waals surface area contributed by atoms with Gasteiger partial charge >= 0.3 is 0 Å². The van der Waals surface area contributed by atoms with Crippen molar-refractivity contribution in [1.82, 2.24) is 10.6 Å². The highest BCUT2D eigenvalue weighted by molar-refractivity contribution is 5.35. The Morgan fingerprint density at radius 1 is 1.12 bits per heavy atom. The smallest absolute Gasteiger partial charge is 0.00769 e. The van der Waals surface area contributed by atoms with Crippen molar-refractivity contribution in [2.75, 3.05) is 26.7 Å². The van der Waals surface area contributed by atoms with E-state index in [4.69, 9.17) is 0 Å². The largest absolute Gasteiger partial charge is 0.318 e. The molecule has 1 rings (SSSR count). The summed E-state index contributed by atoms with van der Waals surface area (Å²) in [5.74, 6) is 0. The third-order valence-electron chi connectivity index (χ3n) is 3.23. The van der Waals surface area contributed by atoms with Crippen molar-refractivity contribution in [2.24, 2.45) is 0 Å². The summed E-state index contributed by atoms with van der Waals surface area (Å²) >= 11 is 0. The maximum Gasteiger partial charge on any atom is 0.00769 e. The van der Waals surface area contributed by atoms with E-state index in [-0.39, 0.29) is 5.41 Å². The summed E-state index contributed by atoms with van der Waals surface area (Å²) in [6.07, 6.45) is 0. The van der Waals surface area contributed by atoms with Gasteiger partial charge in [0.2, 0.25) is 0 Å². The number of hydrogen-bond acceptors (Lipinski definition) is 2. The van der Waals surface area contributed by atoms with Crippen LogP contribution in [0.3, 0.4) is 0 Å². The molecule has 0 aliphatic rings. The minimum Gasteiger partial charge on any atom is -0.318 e. The van der Waals surface area contributed by atoms with Crippen LogP contribution in [0.1, 0.15) is 30.5 Å². The van der Waals surface area contributed by atoms with Crippen molar-refractivity contribution in [3.05, 3.63) is 34.9 Å². The lowest BCUT2D eigenvalue weighted by atomic mass is 9.81. The first kappa shape index (κ1) is 14.2. The van der Waals surface area contributed by atoms with Crippen molar-refractivity contribution in [2.45, 2.75) is 33.1 Å². The zero-order chi connectivity index (χ0) is 12.9. The third-order valence-corrected chi connectivity index (χ3v) is 3.23. The number of benzene rings is 1. The summed E-state index contributed by atoms with van der Waals surface area (Å²) in [7, 11) is 1.98. The molecule has 96 valence electrons. The zero-order valence-corrected chi connectivity index (χ0v) is 11.9. The summed E-state index contributed by atoms with van der Waals surface area (Å²) in [5.41, 5.74) is 4.36. The predicted octanol–water partition coefficient (Wildman–Crippen LogP) is 2.39. The van der Waals surface area contributed by atoms with Gasteiger partial charge in [0.05, 0.1) is 0 Å². The second kappa shape index (κ2) is 6.18. The molecule has 2 N–H and O–H groups in total. The van der Waals surface area contributed by atoms with E-state index in [1.807, 2.05) is 7.05 Å². The monoisotopic (exact) mass is 234 g/mol. The van der Waals surface area contributed by atoms with Gasteiger partial charge in [-0.2, -0.15) is 0 Å². The summed E-state index contributed by atoms with van der Waals surface area (Å²) in [4.78, 5) is 0. The molecular weight excluding hydrogens is 208 g/mol. The Bertz CT molecular complexity index is 356. The van der Waals surface area contributed by atoms with Crippen molar-refractivity contribution in [1.29, 1.82) is 0 Å². The Morgan fingerprint density at radius 3 is 2.41 bits per heavy atom. The molecule has 2 heteroatoms. The molecular formula is C15H26N2. The highest BCUT2D eigenvalue weighted by atomic mass is 14.9. The SMILES string of the molecule is CNCCNCC(C)(C)c1ccc(C)cc1C. The first-order valence-electron chi connectivity index (χ1n) is 6.40. The van der Waals surface area contributed by atoms with Gasteiger partial charge in [0.1, 0.15) is 0 Å². The predicted molar refractivity (Wildman–Crippen MR) is 75.7 cm³/mol. The Labute approximate surface area is 106 Å². The first-order chi connectivity index (χ1) is 7.97. The van der Waals surface area contributed by atoms with Crippen LogP contribution < -0.4 is 10.6 Å². The molecule has 0 aromatic heterocycles. The lowest BCUT2D eigenvalue weighted by Crippen LogP contribution is -2.36. The summed E-state index contributed by atoms with van der Waals surface area (Å²) in [6, 6.07) is 6.74. The second-order valence-electron chi connectivity index (χ2n) is 5.48. The second-order valence-corrected chi connectivity index (χ2v) is 5.48. The van der Waals surface area contributed by atoms with Gasteiger partial charge < -0.3 is 10.6 Å². The normalized spacial score (nSPS) is 11.8. The molecule has 1 aromatic rings. The first-order valence-corrected chi connectivity index (χ1v) is 6.40. The maximum absolute atomic E-state index is 3.50. The van der Waals surface area contributed by atoms with E-state index >= 15 is 0 Å². The van der Waals surface area contributed by atoms with Crippen molar-refractivity contribution in [3.8, 4) is 0 Å². The van der Waals surface area contributed by atoms with E-state index in [9.17, 15) is 0 Å². The average Bonchev–Trinajstić information content (AvgIpc) is 2.24. The average molecular weight is 234 g/mol. The molecule has 0 unspecified atom stereocenters. The third kappa shape index (κ3) is 4.14. The lowest BCUT2D eigenvalue weighted by Gasteiger charge is -2.28. The summed E-state index contributed by atoms with van der Waals surface area (Å²) < 4.78 is 0. The fraction of sp³-hybridized carbons (Fsp3) is 0.600. The van der Waals surface area contributed by atoms with Gasteiger partial charge in [0.15, 0.2) is 0 Å². The highest BCUT2D eigenvalue weighted by Crippen LogP contribution is 2.26. The van der Waals surface area contributed by atoms with Gasteiger partial charge in [-0.15, -0.1) is 0 Å². The van der Waals surface area contributed by atoms with Crippen LogP contribution in [0.2, 0.25) is 0 Å². The fourth-order valence-corrected chi connectivity index (χ4v) is 2.28. The zero-order valence-electron chi connectivity index (χ0n) is 11.9. The molecule has 2 nitrogen and oxygen atoms in total. The van der Waals surface area contributed by atoms with Gasteiger partial charge in [-0.1, -0.05) is 37.6 Å². The Balaban J connectivity index is 2.68. The summed E-state index contributed by atoms with van der Waals surface area (Å²) in [5, 5.41) is 6.65. The van der Waals surface area contributed by atoms with Gasteiger partial charge in [-0.25, -0.2) is 0 Å². The number of rotatable bonds is 6. The fourth-order valence-electron chi connectivity index (χ4n) is 2.28. The van der Waals surface area contributed by atoms with Crippen LogP contribution in [-0.4, -0.2) is 26.7 Å². The van der Waals surface area contributed by atoms with E-state index in [1.165, 1.54) is 16.7 Å². The van der Waals surface area contributed by atoms with Crippen LogP contribution in [0.4, 0.5) is 0 Å². The van der Waals surface area contributed by atoms with Crippen LogP contribution >= 0.6 is 0 Å². The Kier molecular flexibility index (Phi) is 5.16. The van der Waals surface area contributed by atoms with Crippen LogP contribution in [-0.2, 0) is 5.41 Å². The molecule has 0 saturated heterocycles. The van der Waals surface area contributed by atoms with Gasteiger partial charge in [-0.05, 0) is 32.0 Å². The standard InChI is InChI=1S/C15H26N2/c1-12-6-7-14(13(2)10-12)15(3,4)11-17-9-8-16-5/h6-7,10,16-17H,8-9,11H2,1-5H3. The minimum atomic E-state index is 0.186. The number of likely N-dealkylation sites (N-methyl/N-ethyl adjacent to an activating group) is 1. The van der Waals surface area contributed by atoms with E-state index < -0.39 is 0 Å². The number of nitrogens with one attached hydrogen (secondary N) is 2. The van der Waals surface area contributed by atoms with Crippen molar-refractivity contribution >= 4 is 0 Å². The molecule has 17 heavy (non-hydrogen) atoms. The van der Waals surface area contributed by atoms with Crippen LogP contribution in [0.15, 0.2) is 18.2 Å². The Morgan fingerprint density at radius 2 is 1.82 bits per heavy atom. The Hall–Kier alpha value is -0.860. The summed E-state index contributed by atoms with van der Waals surface area (Å²) in [6.45, 7) is 12.0. The van der Waals surface area contributed by atoms with Gasteiger partial charge in [-0.3, -0.25) is 0 Å². The van der Waals surface area contributed by atoms with E-state index in [2.05, 4.69) is 56.5 Å². The molecule has 0 saturated carbocycles. The molecule has 0 bridgehead atoms. The van der Waals surface area contributed by atoms with E-state index in [0.717, 1.165) is 19.6 Å². The van der Waals surface area contributed by atoms with Crippen LogP contribution in [0, 0.1) is 13.8 Å². The van der Waals surface area contributed by atoms with Crippen molar-refractivity contribution in [3.63, 3.8) is 0 Å². The molecule has 0 aliphatic carbocycles. The van der Waals surface area contributed by atoms with E-state index in [1.54, 1.807) is 0 Å². The van der Waals surface area contributed by atoms with Crippen molar-refractivity contribution < 1.29 is 0 Å². The molecule has 0 spiro atoms. The highest BCUT2D eigenvalue weighted by Gasteiger charge is 2.21. The maximum atomic E-state index is 3.50. The quantitative estimate of drug-likeness (QED) is 0.739. The van der Waals surface area contributed by atoms with Crippen LogP contribution in [0.5, 0.6) is 0 Å². The minimum absolute atomic E-state index is 0.186. The molecule has 0 atom stereocenters. The molecule has 0 amide bonds. The molecule has 1 aromatic carbocycles.